The van der Waals surface area contributed by atoms with Gasteiger partial charge in [-0.25, -0.2) is 13.5 Å². The summed E-state index contributed by atoms with van der Waals surface area (Å²) in [5, 5.41) is 0. The summed E-state index contributed by atoms with van der Waals surface area (Å²) in [6.07, 6.45) is -51.0. The molecule has 1 nitrogen and oxygen atoms in total. The number of ether oxygens (including phenoxy) is 1. The Bertz CT molecular complexity index is 645. The summed E-state index contributed by atoms with van der Waals surface area (Å²) in [5.74, 6) is -17.3. The van der Waals surface area contributed by atoms with Crippen molar-refractivity contribution in [2.45, 2.75) is 60.1 Å². The van der Waals surface area contributed by atoms with Gasteiger partial charge in [-0.1, -0.05) is 0 Å². The molecule has 0 saturated heterocycles. The van der Waals surface area contributed by atoms with Crippen molar-refractivity contribution in [1.82, 2.24) is 0 Å². The van der Waals surface area contributed by atoms with Gasteiger partial charge in [-0.2, -0.15) is 87.8 Å². The van der Waals surface area contributed by atoms with E-state index in [0.29, 0.717) is 0 Å². The van der Waals surface area contributed by atoms with Crippen molar-refractivity contribution >= 4 is 0 Å². The van der Waals surface area contributed by atoms with E-state index < -0.39 is 60.1 Å². The van der Waals surface area contributed by atoms with Crippen LogP contribution in [0.3, 0.4) is 0 Å². The molecule has 0 aliphatic carbocycles. The average molecular weight is 554 g/mol. The molecule has 0 saturated carbocycles. The first-order valence-corrected chi connectivity index (χ1v) is 6.57. The van der Waals surface area contributed by atoms with Crippen LogP contribution in [0.15, 0.2) is 0 Å². The van der Waals surface area contributed by atoms with Gasteiger partial charge in [0, 0.05) is 0 Å². The maximum absolute atomic E-state index is 13.5. The van der Waals surface area contributed by atoms with E-state index in [1.54, 1.807) is 0 Å². The van der Waals surface area contributed by atoms with Gasteiger partial charge in [-0.3, -0.25) is 0 Å². The standard InChI is InChI=1S/C10F22O/c11-1(5(17,18)19,3(13,14)7(23,24)25)9(29,30)33-10(31,32)2(12,6(20,21)22)4(15,16)8(26,27)28. The van der Waals surface area contributed by atoms with Gasteiger partial charge >= 0.3 is 60.1 Å². The molecule has 0 aliphatic rings. The first-order chi connectivity index (χ1) is 13.7. The van der Waals surface area contributed by atoms with Crippen molar-refractivity contribution in [3.8, 4) is 0 Å². The van der Waals surface area contributed by atoms with Crippen LogP contribution in [0.4, 0.5) is 96.6 Å². The van der Waals surface area contributed by atoms with Crippen LogP contribution in [0.2, 0.25) is 0 Å². The molecule has 0 aromatic rings. The normalized spacial score (nSPS) is 19.8. The van der Waals surface area contributed by atoms with E-state index in [1.165, 1.54) is 0 Å². The van der Waals surface area contributed by atoms with E-state index in [2.05, 4.69) is 0 Å². The van der Waals surface area contributed by atoms with Crippen LogP contribution < -0.4 is 0 Å². The average Bonchev–Trinajstić information content (AvgIpc) is 2.46. The summed E-state index contributed by atoms with van der Waals surface area (Å²) in [5.41, 5.74) is -17.9. The lowest BCUT2D eigenvalue weighted by molar-refractivity contribution is -0.533. The summed E-state index contributed by atoms with van der Waals surface area (Å²) in [7, 11) is 0. The van der Waals surface area contributed by atoms with Crippen LogP contribution in [0.1, 0.15) is 0 Å². The van der Waals surface area contributed by atoms with Crippen molar-refractivity contribution in [3.63, 3.8) is 0 Å². The van der Waals surface area contributed by atoms with E-state index in [9.17, 15) is 96.6 Å². The van der Waals surface area contributed by atoms with Crippen LogP contribution in [-0.4, -0.2) is 60.1 Å². The minimum absolute atomic E-state index is 0.755. The SMILES string of the molecule is FC(F)(F)C(F)(F)C(F)(C(F)(F)F)C(F)(F)OC(F)(F)C(F)(C(F)(F)F)C(F)(F)C(F)(F)F. The third-order valence-electron chi connectivity index (χ3n) is 3.42. The maximum atomic E-state index is 13.5. The monoisotopic (exact) mass is 554 g/mol. The predicted octanol–water partition coefficient (Wildman–Crippen LogP) is 7.13. The molecule has 0 spiro atoms. The van der Waals surface area contributed by atoms with Crippen molar-refractivity contribution in [2.75, 3.05) is 0 Å². The molecular formula is C10F22O. The number of halogens is 22. The van der Waals surface area contributed by atoms with Crippen LogP contribution in [0.25, 0.3) is 0 Å². The Balaban J connectivity index is 7.21. The molecule has 200 valence electrons. The molecule has 0 aromatic heterocycles. The Morgan fingerprint density at radius 1 is 0.273 bits per heavy atom. The minimum Gasteiger partial charge on any atom is -0.249 e. The zero-order chi connectivity index (χ0) is 27.7. The molecule has 0 radical (unpaired) electrons. The second-order valence-electron chi connectivity index (χ2n) is 5.59. The van der Waals surface area contributed by atoms with Gasteiger partial charge in [0.05, 0.1) is 0 Å². The Morgan fingerprint density at radius 2 is 0.455 bits per heavy atom. The quantitative estimate of drug-likeness (QED) is 0.318. The van der Waals surface area contributed by atoms with E-state index in [1.807, 2.05) is 0 Å². The summed E-state index contributed by atoms with van der Waals surface area (Å²) < 4.78 is 278. The zero-order valence-corrected chi connectivity index (χ0v) is 13.7. The highest BCUT2D eigenvalue weighted by Gasteiger charge is 2.96. The van der Waals surface area contributed by atoms with E-state index in [0.717, 1.165) is 4.74 Å². The van der Waals surface area contributed by atoms with Crippen molar-refractivity contribution < 1.29 is 101 Å². The Hall–Kier alpha value is -1.58. The number of rotatable bonds is 6. The van der Waals surface area contributed by atoms with Gasteiger partial charge in [0.1, 0.15) is 0 Å². The first-order valence-electron chi connectivity index (χ1n) is 6.57. The molecular weight excluding hydrogens is 554 g/mol. The largest absolute Gasteiger partial charge is 0.457 e. The molecule has 0 N–H and O–H groups in total. The molecule has 0 heterocycles. The molecule has 0 bridgehead atoms. The Labute approximate surface area is 163 Å². The van der Waals surface area contributed by atoms with Crippen molar-refractivity contribution in [2.24, 2.45) is 0 Å². The second-order valence-corrected chi connectivity index (χ2v) is 5.59. The number of alkyl halides is 22. The lowest BCUT2D eigenvalue weighted by Gasteiger charge is -2.44. The van der Waals surface area contributed by atoms with Gasteiger partial charge in [-0.05, 0) is 0 Å². The Kier molecular flexibility index (Phi) is 7.10. The van der Waals surface area contributed by atoms with Gasteiger partial charge in [0.25, 0.3) is 0 Å². The van der Waals surface area contributed by atoms with Crippen LogP contribution in [0, 0.1) is 0 Å². The fraction of sp³-hybridized carbons (Fsp3) is 1.00. The van der Waals surface area contributed by atoms with Gasteiger partial charge in [0.15, 0.2) is 0 Å². The third kappa shape index (κ3) is 4.21. The van der Waals surface area contributed by atoms with E-state index >= 15 is 0 Å². The summed E-state index contributed by atoms with van der Waals surface area (Å²) in [6.45, 7) is 0. The zero-order valence-electron chi connectivity index (χ0n) is 13.7. The fourth-order valence-corrected chi connectivity index (χ4v) is 1.74. The molecule has 0 aromatic carbocycles. The highest BCUT2D eigenvalue weighted by atomic mass is 19.4. The molecule has 0 fully saturated rings. The van der Waals surface area contributed by atoms with Gasteiger partial charge < -0.3 is 0 Å². The van der Waals surface area contributed by atoms with Gasteiger partial charge in [0.2, 0.25) is 0 Å². The molecule has 23 heteroatoms. The predicted molar refractivity (Wildman–Crippen MR) is 52.8 cm³/mol. The van der Waals surface area contributed by atoms with Crippen LogP contribution in [0.5, 0.6) is 0 Å². The smallest absolute Gasteiger partial charge is 0.249 e. The minimum atomic E-state index is -8.94. The van der Waals surface area contributed by atoms with Crippen molar-refractivity contribution in [3.05, 3.63) is 0 Å². The van der Waals surface area contributed by atoms with Crippen LogP contribution in [-0.2, 0) is 4.74 Å². The second kappa shape index (κ2) is 7.46. The third-order valence-corrected chi connectivity index (χ3v) is 3.42. The molecule has 0 amide bonds. The van der Waals surface area contributed by atoms with Gasteiger partial charge in [-0.15, -0.1) is 0 Å². The highest BCUT2D eigenvalue weighted by Crippen LogP contribution is 2.64. The van der Waals surface area contributed by atoms with Crippen LogP contribution >= 0.6 is 0 Å². The molecule has 2 unspecified atom stereocenters. The lowest BCUT2D eigenvalue weighted by atomic mass is 9.92. The van der Waals surface area contributed by atoms with E-state index in [-0.39, 0.29) is 0 Å². The summed E-state index contributed by atoms with van der Waals surface area (Å²) in [4.78, 5) is 0. The fourth-order valence-electron chi connectivity index (χ4n) is 1.74. The van der Waals surface area contributed by atoms with Crippen molar-refractivity contribution in [1.29, 1.82) is 0 Å². The topological polar surface area (TPSA) is 9.23 Å². The first kappa shape index (κ1) is 31.4. The maximum Gasteiger partial charge on any atom is 0.457 e. The molecule has 33 heavy (non-hydrogen) atoms. The highest BCUT2D eigenvalue weighted by molar-refractivity contribution is 5.13. The number of hydrogen-bond donors (Lipinski definition) is 0. The lowest BCUT2D eigenvalue weighted by Crippen LogP contribution is -2.76. The number of hydrogen-bond acceptors (Lipinski definition) is 1. The summed E-state index contributed by atoms with van der Waals surface area (Å²) in [6, 6.07) is 0. The summed E-state index contributed by atoms with van der Waals surface area (Å²) >= 11 is 0. The molecule has 2 atom stereocenters. The Morgan fingerprint density at radius 3 is 0.576 bits per heavy atom. The molecule has 0 rings (SSSR count). The van der Waals surface area contributed by atoms with E-state index in [4.69, 9.17) is 0 Å². The molecule has 0 aliphatic heterocycles.